The molecule has 1 aliphatic heterocycles. The molecule has 1 saturated heterocycles. The van der Waals surface area contributed by atoms with E-state index in [1.54, 1.807) is 4.90 Å². The van der Waals surface area contributed by atoms with Crippen LogP contribution < -0.4 is 4.90 Å². The summed E-state index contributed by atoms with van der Waals surface area (Å²) in [6.07, 6.45) is 3.68. The van der Waals surface area contributed by atoms with Crippen LogP contribution >= 0.6 is 11.8 Å². The normalized spacial score (nSPS) is 18.7. The predicted molar refractivity (Wildman–Crippen MR) is 150 cm³/mol. The Kier molecular flexibility index (Phi) is 7.66. The number of benzene rings is 1. The topological polar surface area (TPSA) is 62.1 Å². The van der Waals surface area contributed by atoms with Crippen molar-refractivity contribution in [3.05, 3.63) is 52.6 Å². The van der Waals surface area contributed by atoms with E-state index in [4.69, 9.17) is 0 Å². The van der Waals surface area contributed by atoms with Crippen molar-refractivity contribution in [2.24, 2.45) is 21.0 Å². The molecule has 0 unspecified atom stereocenters. The molecule has 1 heterocycles. The summed E-state index contributed by atoms with van der Waals surface area (Å²) >= 11 is 1.41. The van der Waals surface area contributed by atoms with E-state index in [9.17, 15) is 9.59 Å². The summed E-state index contributed by atoms with van der Waals surface area (Å²) < 4.78 is 0. The molecule has 6 heteroatoms. The third-order valence-electron chi connectivity index (χ3n) is 6.27. The van der Waals surface area contributed by atoms with Crippen LogP contribution in [0.25, 0.3) is 0 Å². The lowest BCUT2D eigenvalue weighted by Gasteiger charge is -2.30. The Labute approximate surface area is 214 Å². The summed E-state index contributed by atoms with van der Waals surface area (Å²) in [7, 11) is 0. The van der Waals surface area contributed by atoms with E-state index in [1.165, 1.54) is 11.8 Å². The molecule has 188 valence electrons. The molecule has 1 aromatic carbocycles. The van der Waals surface area contributed by atoms with Gasteiger partial charge in [-0.15, -0.1) is 10.2 Å². The first-order valence-corrected chi connectivity index (χ1v) is 13.3. The number of hydrogen-bond acceptors (Lipinski definition) is 5. The first kappa shape index (κ1) is 27.1. The zero-order valence-electron chi connectivity index (χ0n) is 22.8. The molecule has 3 rings (SSSR count). The van der Waals surface area contributed by atoms with Gasteiger partial charge in [0.25, 0.3) is 0 Å². The summed E-state index contributed by atoms with van der Waals surface area (Å²) in [5, 5.41) is 9.73. The van der Waals surface area contributed by atoms with Crippen LogP contribution in [-0.2, 0) is 9.59 Å². The third-order valence-corrected chi connectivity index (χ3v) is 7.19. The molecule has 0 radical (unpaired) electrons. The first-order chi connectivity index (χ1) is 16.1. The summed E-state index contributed by atoms with van der Waals surface area (Å²) in [5.41, 5.74) is 4.63. The van der Waals surface area contributed by atoms with Crippen LogP contribution in [-0.4, -0.2) is 28.3 Å². The van der Waals surface area contributed by atoms with Gasteiger partial charge in [-0.3, -0.25) is 14.5 Å². The molecule has 1 fully saturated rings. The number of Topliss-reactive ketones (excluding diaryl/α,β-unsaturated/α-hetero) is 1. The number of rotatable bonds is 4. The Bertz CT molecular complexity index is 1090. The van der Waals surface area contributed by atoms with Crippen molar-refractivity contribution in [1.82, 2.24) is 0 Å². The maximum absolute atomic E-state index is 13.2. The fraction of sp³-hybridized carbons (Fsp3) is 0.517. The Morgan fingerprint density at radius 1 is 0.829 bits per heavy atom. The molecular formula is C29H39N3O2S. The minimum Gasteiger partial charge on any atom is -0.289 e. The standard InChI is InChI=1S/C29H39N3O2S/c1-17(2)20-12-11-13-21(18(3)4)25(20)32-24(33)16-35-27(32)31-30-19-14-22(28(5,6)7)26(34)23(15-19)29(8,9)10/h11-15,17-18H,16H2,1-10H3/b31-27+. The average molecular weight is 494 g/mol. The number of allylic oxidation sites excluding steroid dienone is 4. The number of thioether (sulfide) groups is 1. The number of para-hydroxylation sites is 1. The largest absolute Gasteiger partial charge is 0.289 e. The van der Waals surface area contributed by atoms with Gasteiger partial charge in [0.1, 0.15) is 0 Å². The van der Waals surface area contributed by atoms with E-state index in [2.05, 4.69) is 56.1 Å². The van der Waals surface area contributed by atoms with Gasteiger partial charge in [0, 0.05) is 11.1 Å². The van der Waals surface area contributed by atoms with Crippen molar-refractivity contribution < 1.29 is 9.59 Å². The number of nitrogens with zero attached hydrogens (tertiary/aromatic N) is 3. The molecule has 0 bridgehead atoms. The van der Waals surface area contributed by atoms with E-state index in [1.807, 2.05) is 53.7 Å². The molecule has 1 aromatic rings. The first-order valence-electron chi connectivity index (χ1n) is 12.4. The van der Waals surface area contributed by atoms with E-state index in [0.717, 1.165) is 28.0 Å². The molecule has 2 aliphatic rings. The number of carbonyl (C=O) groups is 2. The Balaban J connectivity index is 2.15. The van der Waals surface area contributed by atoms with Crippen LogP contribution in [0.2, 0.25) is 0 Å². The second-order valence-corrected chi connectivity index (χ2v) is 12.9. The van der Waals surface area contributed by atoms with E-state index in [-0.39, 0.29) is 34.4 Å². The fourth-order valence-electron chi connectivity index (χ4n) is 4.31. The highest BCUT2D eigenvalue weighted by Gasteiger charge is 2.36. The molecule has 35 heavy (non-hydrogen) atoms. The summed E-state index contributed by atoms with van der Waals surface area (Å²) in [5.74, 6) is 0.927. The Morgan fingerprint density at radius 2 is 1.31 bits per heavy atom. The van der Waals surface area contributed by atoms with Crippen LogP contribution in [0.4, 0.5) is 5.69 Å². The SMILES string of the molecule is CC(C)c1cccc(C(C)C)c1N1C(=O)CS/C1=N/N=C1C=C(C(C)(C)C)C(=O)C(C(C)(C)C)=C1. The minimum atomic E-state index is -0.317. The summed E-state index contributed by atoms with van der Waals surface area (Å²) in [6, 6.07) is 6.25. The smallest absolute Gasteiger partial charge is 0.243 e. The number of amidine groups is 1. The highest BCUT2D eigenvalue weighted by Crippen LogP contribution is 2.40. The van der Waals surface area contributed by atoms with Crippen LogP contribution in [0.1, 0.15) is 92.2 Å². The lowest BCUT2D eigenvalue weighted by atomic mass is 9.72. The van der Waals surface area contributed by atoms with Gasteiger partial charge in [0.2, 0.25) is 5.91 Å². The van der Waals surface area contributed by atoms with Crippen molar-refractivity contribution >= 4 is 40.0 Å². The molecule has 0 N–H and O–H groups in total. The lowest BCUT2D eigenvalue weighted by Crippen LogP contribution is -2.31. The second kappa shape index (κ2) is 9.88. The average Bonchev–Trinajstić information content (AvgIpc) is 3.10. The molecule has 0 atom stereocenters. The highest BCUT2D eigenvalue weighted by molar-refractivity contribution is 8.15. The number of amides is 1. The quantitative estimate of drug-likeness (QED) is 0.328. The number of carbonyl (C=O) groups excluding carboxylic acids is 2. The molecule has 0 aromatic heterocycles. The minimum absolute atomic E-state index is 0.0135. The van der Waals surface area contributed by atoms with Crippen LogP contribution in [0.5, 0.6) is 0 Å². The molecule has 0 spiro atoms. The van der Waals surface area contributed by atoms with Crippen molar-refractivity contribution in [2.45, 2.75) is 81.1 Å². The van der Waals surface area contributed by atoms with E-state index < -0.39 is 0 Å². The van der Waals surface area contributed by atoms with Gasteiger partial charge in [-0.1, -0.05) is 99.2 Å². The van der Waals surface area contributed by atoms with Crippen LogP contribution in [0, 0.1) is 10.8 Å². The Hall–Kier alpha value is -2.47. The molecular weight excluding hydrogens is 454 g/mol. The van der Waals surface area contributed by atoms with Crippen molar-refractivity contribution in [1.29, 1.82) is 0 Å². The number of anilines is 1. The lowest BCUT2D eigenvalue weighted by molar-refractivity contribution is -0.115. The predicted octanol–water partition coefficient (Wildman–Crippen LogP) is 7.25. The van der Waals surface area contributed by atoms with Gasteiger partial charge in [0.15, 0.2) is 11.0 Å². The molecule has 5 nitrogen and oxygen atoms in total. The van der Waals surface area contributed by atoms with E-state index >= 15 is 0 Å². The third kappa shape index (κ3) is 5.69. The van der Waals surface area contributed by atoms with Gasteiger partial charge >= 0.3 is 0 Å². The maximum atomic E-state index is 13.2. The fourth-order valence-corrected chi connectivity index (χ4v) is 5.11. The Morgan fingerprint density at radius 3 is 1.74 bits per heavy atom. The number of ketones is 1. The van der Waals surface area contributed by atoms with Gasteiger partial charge in [-0.25, -0.2) is 0 Å². The van der Waals surface area contributed by atoms with E-state index in [0.29, 0.717) is 16.6 Å². The highest BCUT2D eigenvalue weighted by atomic mass is 32.2. The van der Waals surface area contributed by atoms with Gasteiger partial charge in [-0.2, -0.15) is 0 Å². The zero-order chi connectivity index (χ0) is 26.3. The molecule has 0 saturated carbocycles. The molecule has 1 aliphatic carbocycles. The van der Waals surface area contributed by atoms with Crippen molar-refractivity contribution in [2.75, 3.05) is 10.7 Å². The summed E-state index contributed by atoms with van der Waals surface area (Å²) in [6.45, 7) is 20.8. The zero-order valence-corrected chi connectivity index (χ0v) is 23.6. The van der Waals surface area contributed by atoms with Crippen LogP contribution in [0.3, 0.4) is 0 Å². The second-order valence-electron chi connectivity index (χ2n) is 12.0. The number of hydrogen-bond donors (Lipinski definition) is 0. The van der Waals surface area contributed by atoms with Gasteiger partial charge in [-0.05, 0) is 45.9 Å². The monoisotopic (exact) mass is 493 g/mol. The molecule has 1 amide bonds. The summed E-state index contributed by atoms with van der Waals surface area (Å²) in [4.78, 5) is 28.1. The van der Waals surface area contributed by atoms with Crippen LogP contribution in [0.15, 0.2) is 51.7 Å². The van der Waals surface area contributed by atoms with Crippen molar-refractivity contribution in [3.63, 3.8) is 0 Å². The van der Waals surface area contributed by atoms with Gasteiger partial charge in [0.05, 0.1) is 17.2 Å². The van der Waals surface area contributed by atoms with Gasteiger partial charge < -0.3 is 0 Å². The van der Waals surface area contributed by atoms with Crippen molar-refractivity contribution in [3.8, 4) is 0 Å². The maximum Gasteiger partial charge on any atom is 0.243 e.